The summed E-state index contributed by atoms with van der Waals surface area (Å²) < 4.78 is 7.35. The van der Waals surface area contributed by atoms with Crippen molar-refractivity contribution in [3.8, 4) is 22.8 Å². The highest BCUT2D eigenvalue weighted by atomic mass is 16.5. The molecule has 2 heterocycles. The monoisotopic (exact) mass is 325 g/mol. The van der Waals surface area contributed by atoms with Crippen molar-refractivity contribution in [2.75, 3.05) is 12.4 Å². The van der Waals surface area contributed by atoms with Crippen LogP contribution in [0.2, 0.25) is 0 Å². The molecule has 0 aliphatic rings. The Bertz CT molecular complexity index is 891. The molecule has 0 aliphatic carbocycles. The van der Waals surface area contributed by atoms with Gasteiger partial charge in [0.05, 0.1) is 7.11 Å². The van der Waals surface area contributed by atoms with Gasteiger partial charge in [-0.15, -0.1) is 0 Å². The number of pyridine rings is 1. The number of fused-ring (bicyclic) bond motifs is 1. The van der Waals surface area contributed by atoms with E-state index in [2.05, 4.69) is 43.5 Å². The molecule has 0 amide bonds. The normalized spacial score (nSPS) is 11.7. The van der Waals surface area contributed by atoms with Crippen LogP contribution in [0.1, 0.15) is 26.5 Å². The van der Waals surface area contributed by atoms with Gasteiger partial charge >= 0.3 is 0 Å². The minimum Gasteiger partial charge on any atom is -0.504 e. The molecule has 2 N–H and O–H groups in total. The molecule has 0 radical (unpaired) electrons. The Balaban J connectivity index is 2.27. The second-order valence-corrected chi connectivity index (χ2v) is 6.93. The predicted octanol–water partition coefficient (Wildman–Crippen LogP) is 4.23. The minimum atomic E-state index is -0.117. The first kappa shape index (κ1) is 16.2. The highest BCUT2D eigenvalue weighted by molar-refractivity contribution is 5.78. The smallest absolute Gasteiger partial charge is 0.161 e. The molecule has 0 aliphatic heterocycles. The number of anilines is 1. The number of phenols is 1. The van der Waals surface area contributed by atoms with Crippen LogP contribution in [0.3, 0.4) is 0 Å². The molecule has 3 aromatic rings. The molecule has 3 rings (SSSR count). The molecule has 1 aromatic carbocycles. The zero-order valence-electron chi connectivity index (χ0n) is 14.7. The number of aromatic nitrogens is 2. The van der Waals surface area contributed by atoms with E-state index in [9.17, 15) is 5.11 Å². The zero-order chi connectivity index (χ0) is 17.5. The molecular weight excluding hydrogens is 302 g/mol. The van der Waals surface area contributed by atoms with Crippen molar-refractivity contribution in [3.63, 3.8) is 0 Å². The van der Waals surface area contributed by atoms with E-state index in [4.69, 9.17) is 9.72 Å². The number of aryl methyl sites for hydroxylation is 1. The Labute approximate surface area is 141 Å². The molecule has 0 atom stereocenters. The summed E-state index contributed by atoms with van der Waals surface area (Å²) in [5.74, 6) is 1.48. The maximum atomic E-state index is 9.86. The lowest BCUT2D eigenvalue weighted by molar-refractivity contribution is 0.373. The molecule has 0 unspecified atom stereocenters. The Kier molecular flexibility index (Phi) is 3.87. The van der Waals surface area contributed by atoms with Gasteiger partial charge in [0, 0.05) is 16.8 Å². The molecular formula is C19H23N3O2. The van der Waals surface area contributed by atoms with Crippen LogP contribution in [0.25, 0.3) is 16.9 Å². The Morgan fingerprint density at radius 1 is 1.17 bits per heavy atom. The lowest BCUT2D eigenvalue weighted by atomic mass is 10.1. The van der Waals surface area contributed by atoms with Gasteiger partial charge in [0.1, 0.15) is 17.2 Å². The lowest BCUT2D eigenvalue weighted by Crippen LogP contribution is -2.27. The van der Waals surface area contributed by atoms with Crippen LogP contribution in [0.4, 0.5) is 5.82 Å². The van der Waals surface area contributed by atoms with Crippen LogP contribution in [0.5, 0.6) is 11.5 Å². The number of rotatable bonds is 3. The highest BCUT2D eigenvalue weighted by Crippen LogP contribution is 2.36. The molecule has 24 heavy (non-hydrogen) atoms. The third-order valence-electron chi connectivity index (χ3n) is 3.79. The van der Waals surface area contributed by atoms with Gasteiger partial charge in [0.25, 0.3) is 0 Å². The van der Waals surface area contributed by atoms with Crippen molar-refractivity contribution in [2.45, 2.75) is 33.2 Å². The summed E-state index contributed by atoms with van der Waals surface area (Å²) in [5.41, 5.74) is 3.58. The van der Waals surface area contributed by atoms with Gasteiger partial charge in [0.15, 0.2) is 11.5 Å². The van der Waals surface area contributed by atoms with E-state index in [-0.39, 0.29) is 11.3 Å². The number of ether oxygens (including phenoxy) is 1. The predicted molar refractivity (Wildman–Crippen MR) is 97.0 cm³/mol. The van der Waals surface area contributed by atoms with Crippen molar-refractivity contribution < 1.29 is 9.84 Å². The largest absolute Gasteiger partial charge is 0.504 e. The number of hydrogen-bond donors (Lipinski definition) is 2. The van der Waals surface area contributed by atoms with E-state index in [1.165, 1.54) is 0 Å². The van der Waals surface area contributed by atoms with E-state index in [1.807, 2.05) is 18.2 Å². The second-order valence-electron chi connectivity index (χ2n) is 6.93. The maximum absolute atomic E-state index is 9.86. The summed E-state index contributed by atoms with van der Waals surface area (Å²) in [6, 6.07) is 11.3. The van der Waals surface area contributed by atoms with E-state index in [0.717, 1.165) is 28.4 Å². The number of hydrogen-bond acceptors (Lipinski definition) is 4. The maximum Gasteiger partial charge on any atom is 0.161 e. The van der Waals surface area contributed by atoms with Crippen LogP contribution in [0.15, 0.2) is 36.4 Å². The quantitative estimate of drug-likeness (QED) is 0.756. The summed E-state index contributed by atoms with van der Waals surface area (Å²) in [5, 5.41) is 13.4. The van der Waals surface area contributed by atoms with Crippen molar-refractivity contribution in [3.05, 3.63) is 42.1 Å². The molecule has 0 saturated carbocycles. The molecule has 0 fully saturated rings. The SMILES string of the molecule is COc1cc(-c2nc3cccc(C)n3c2NC(C)(C)C)ccc1O. The van der Waals surface area contributed by atoms with Gasteiger partial charge in [-0.25, -0.2) is 4.98 Å². The highest BCUT2D eigenvalue weighted by Gasteiger charge is 2.20. The molecule has 0 spiro atoms. The van der Waals surface area contributed by atoms with Crippen LogP contribution in [-0.2, 0) is 0 Å². The van der Waals surface area contributed by atoms with E-state index >= 15 is 0 Å². The number of phenolic OH excluding ortho intramolecular Hbond substituents is 1. The molecule has 0 saturated heterocycles. The number of methoxy groups -OCH3 is 1. The van der Waals surface area contributed by atoms with E-state index < -0.39 is 0 Å². The van der Waals surface area contributed by atoms with Crippen molar-refractivity contribution in [1.29, 1.82) is 0 Å². The minimum absolute atomic E-state index is 0.117. The fraction of sp³-hybridized carbons (Fsp3) is 0.316. The summed E-state index contributed by atoms with van der Waals surface area (Å²) in [6.45, 7) is 8.41. The fourth-order valence-corrected chi connectivity index (χ4v) is 2.75. The molecule has 5 nitrogen and oxygen atoms in total. The second kappa shape index (κ2) is 5.74. The standard InChI is InChI=1S/C19H23N3O2/c1-12-7-6-8-16-20-17(18(22(12)16)21-19(2,3)4)13-9-10-14(23)15(11-13)24-5/h6-11,21,23H,1-5H3. The Morgan fingerprint density at radius 2 is 1.92 bits per heavy atom. The van der Waals surface area contributed by atoms with E-state index in [1.54, 1.807) is 19.2 Å². The van der Waals surface area contributed by atoms with Crippen molar-refractivity contribution in [2.24, 2.45) is 0 Å². The lowest BCUT2D eigenvalue weighted by Gasteiger charge is -2.23. The molecule has 5 heteroatoms. The van der Waals surface area contributed by atoms with Gasteiger partial charge < -0.3 is 15.2 Å². The number of benzene rings is 1. The summed E-state index contributed by atoms with van der Waals surface area (Å²) in [4.78, 5) is 4.80. The van der Waals surface area contributed by atoms with Crippen molar-refractivity contribution in [1.82, 2.24) is 9.38 Å². The van der Waals surface area contributed by atoms with Crippen LogP contribution >= 0.6 is 0 Å². The van der Waals surface area contributed by atoms with Gasteiger partial charge in [-0.3, -0.25) is 4.40 Å². The van der Waals surface area contributed by atoms with Gasteiger partial charge in [-0.05, 0) is 58.0 Å². The molecule has 0 bridgehead atoms. The topological polar surface area (TPSA) is 58.8 Å². The van der Waals surface area contributed by atoms with Crippen LogP contribution in [0, 0.1) is 6.92 Å². The number of nitrogens with zero attached hydrogens (tertiary/aromatic N) is 2. The van der Waals surface area contributed by atoms with Gasteiger partial charge in [-0.2, -0.15) is 0 Å². The zero-order valence-corrected chi connectivity index (χ0v) is 14.7. The number of nitrogens with one attached hydrogen (secondary N) is 1. The van der Waals surface area contributed by atoms with Crippen molar-refractivity contribution >= 4 is 11.5 Å². The Morgan fingerprint density at radius 3 is 2.58 bits per heavy atom. The molecule has 2 aromatic heterocycles. The third kappa shape index (κ3) is 2.89. The summed E-state index contributed by atoms with van der Waals surface area (Å²) in [7, 11) is 1.54. The molecule has 126 valence electrons. The fourth-order valence-electron chi connectivity index (χ4n) is 2.75. The van der Waals surface area contributed by atoms with Gasteiger partial charge in [-0.1, -0.05) is 6.07 Å². The average molecular weight is 325 g/mol. The Hall–Kier alpha value is -2.69. The van der Waals surface area contributed by atoms with E-state index in [0.29, 0.717) is 5.75 Å². The van der Waals surface area contributed by atoms with Crippen LogP contribution in [-0.4, -0.2) is 27.1 Å². The number of imidazole rings is 1. The number of aromatic hydroxyl groups is 1. The first-order valence-electron chi connectivity index (χ1n) is 7.94. The third-order valence-corrected chi connectivity index (χ3v) is 3.79. The first-order valence-corrected chi connectivity index (χ1v) is 7.94. The average Bonchev–Trinajstić information content (AvgIpc) is 2.86. The van der Waals surface area contributed by atoms with Gasteiger partial charge in [0.2, 0.25) is 0 Å². The van der Waals surface area contributed by atoms with Crippen LogP contribution < -0.4 is 10.1 Å². The first-order chi connectivity index (χ1) is 11.3. The summed E-state index contributed by atoms with van der Waals surface area (Å²) >= 11 is 0. The summed E-state index contributed by atoms with van der Waals surface area (Å²) in [6.07, 6.45) is 0.